The summed E-state index contributed by atoms with van der Waals surface area (Å²) in [7, 11) is 0. The van der Waals surface area contributed by atoms with Gasteiger partial charge in [-0.1, -0.05) is 50.6 Å². The number of carbonyl (C=O) groups excluding carboxylic acids is 1. The van der Waals surface area contributed by atoms with Gasteiger partial charge in [0, 0.05) is 23.9 Å². The van der Waals surface area contributed by atoms with Crippen molar-refractivity contribution in [3.63, 3.8) is 0 Å². The number of carbonyl (C=O) groups is 1. The van der Waals surface area contributed by atoms with Crippen molar-refractivity contribution < 1.29 is 4.79 Å². The maximum atomic E-state index is 12.5. The van der Waals surface area contributed by atoms with Crippen LogP contribution in [-0.4, -0.2) is 20.8 Å². The highest BCUT2D eigenvalue weighted by molar-refractivity contribution is 6.33. The summed E-state index contributed by atoms with van der Waals surface area (Å²) < 4.78 is 1.77. The number of anilines is 2. The second kappa shape index (κ2) is 7.80. The van der Waals surface area contributed by atoms with Gasteiger partial charge in [0.05, 0.1) is 22.9 Å². The molecule has 0 spiro atoms. The molecule has 6 nitrogen and oxygen atoms in total. The average molecular weight is 384 g/mol. The summed E-state index contributed by atoms with van der Waals surface area (Å²) in [6.07, 6.45) is 3.51. The van der Waals surface area contributed by atoms with E-state index < -0.39 is 0 Å². The van der Waals surface area contributed by atoms with Crippen LogP contribution in [0.25, 0.3) is 0 Å². The molecule has 0 fully saturated rings. The monoisotopic (exact) mass is 383 g/mol. The third-order valence-electron chi connectivity index (χ3n) is 3.97. The van der Waals surface area contributed by atoms with Crippen LogP contribution in [0.2, 0.25) is 5.02 Å². The van der Waals surface area contributed by atoms with Gasteiger partial charge >= 0.3 is 6.03 Å². The van der Waals surface area contributed by atoms with Crippen LogP contribution in [0.3, 0.4) is 0 Å². The lowest BCUT2D eigenvalue weighted by Crippen LogP contribution is -2.22. The molecule has 3 rings (SSSR count). The van der Waals surface area contributed by atoms with Crippen LogP contribution in [0, 0.1) is 0 Å². The molecular formula is C20H22ClN5O. The highest BCUT2D eigenvalue weighted by atomic mass is 35.5. The number of nitrogens with zero attached hydrogens (tertiary/aromatic N) is 3. The Morgan fingerprint density at radius 2 is 1.93 bits per heavy atom. The normalized spacial score (nSPS) is 11.3. The molecule has 140 valence electrons. The Hall–Kier alpha value is -2.86. The SMILES string of the molecule is CC(C)(C)c1cc(NC(=O)Nc2ccccc2Cl)n(Cc2cccnc2)n1. The van der Waals surface area contributed by atoms with Gasteiger partial charge in [0.2, 0.25) is 0 Å². The molecule has 2 heterocycles. The second-order valence-corrected chi connectivity index (χ2v) is 7.65. The van der Waals surface area contributed by atoms with Crippen molar-refractivity contribution in [1.82, 2.24) is 14.8 Å². The Balaban J connectivity index is 1.83. The van der Waals surface area contributed by atoms with Gasteiger partial charge in [-0.15, -0.1) is 0 Å². The van der Waals surface area contributed by atoms with Gasteiger partial charge in [-0.2, -0.15) is 5.10 Å². The fourth-order valence-electron chi connectivity index (χ4n) is 2.50. The minimum atomic E-state index is -0.379. The van der Waals surface area contributed by atoms with Crippen LogP contribution >= 0.6 is 11.6 Å². The molecule has 1 aromatic carbocycles. The number of pyridine rings is 1. The first-order chi connectivity index (χ1) is 12.8. The average Bonchev–Trinajstić information content (AvgIpc) is 3.01. The number of amides is 2. The van der Waals surface area contributed by atoms with Crippen molar-refractivity contribution in [2.24, 2.45) is 0 Å². The number of benzene rings is 1. The van der Waals surface area contributed by atoms with E-state index in [1.807, 2.05) is 30.3 Å². The van der Waals surface area contributed by atoms with Gasteiger partial charge in [0.15, 0.2) is 0 Å². The van der Waals surface area contributed by atoms with Crippen LogP contribution in [0.15, 0.2) is 54.9 Å². The lowest BCUT2D eigenvalue weighted by Gasteiger charge is -2.14. The van der Waals surface area contributed by atoms with Gasteiger partial charge in [-0.3, -0.25) is 10.3 Å². The molecule has 0 saturated carbocycles. The summed E-state index contributed by atoms with van der Waals surface area (Å²) in [6, 6.07) is 12.4. The number of para-hydroxylation sites is 1. The molecule has 2 amide bonds. The van der Waals surface area contributed by atoms with Crippen LogP contribution in [0.4, 0.5) is 16.3 Å². The van der Waals surface area contributed by atoms with E-state index in [4.69, 9.17) is 11.6 Å². The van der Waals surface area contributed by atoms with E-state index in [2.05, 4.69) is 41.5 Å². The predicted molar refractivity (Wildman–Crippen MR) is 108 cm³/mol. The largest absolute Gasteiger partial charge is 0.324 e. The van der Waals surface area contributed by atoms with Crippen LogP contribution < -0.4 is 10.6 Å². The minimum absolute atomic E-state index is 0.143. The Morgan fingerprint density at radius 1 is 1.15 bits per heavy atom. The van der Waals surface area contributed by atoms with Gasteiger partial charge in [-0.05, 0) is 23.8 Å². The van der Waals surface area contributed by atoms with E-state index in [-0.39, 0.29) is 11.4 Å². The number of aromatic nitrogens is 3. The fourth-order valence-corrected chi connectivity index (χ4v) is 2.68. The minimum Gasteiger partial charge on any atom is -0.306 e. The molecule has 27 heavy (non-hydrogen) atoms. The van der Waals surface area contributed by atoms with E-state index >= 15 is 0 Å². The molecule has 0 radical (unpaired) electrons. The molecule has 2 N–H and O–H groups in total. The van der Waals surface area contributed by atoms with Crippen molar-refractivity contribution >= 4 is 29.1 Å². The summed E-state index contributed by atoms with van der Waals surface area (Å²) in [4.78, 5) is 16.6. The summed E-state index contributed by atoms with van der Waals surface area (Å²) in [5.74, 6) is 0.605. The summed E-state index contributed by atoms with van der Waals surface area (Å²) in [5.41, 5.74) is 2.29. The molecule has 2 aromatic heterocycles. The molecule has 0 atom stereocenters. The summed E-state index contributed by atoms with van der Waals surface area (Å²) in [5, 5.41) is 10.8. The second-order valence-electron chi connectivity index (χ2n) is 7.24. The zero-order chi connectivity index (χ0) is 19.4. The van der Waals surface area contributed by atoms with Crippen molar-refractivity contribution in [2.75, 3.05) is 10.6 Å². The Labute approximate surface area is 163 Å². The number of urea groups is 1. The first-order valence-corrected chi connectivity index (χ1v) is 9.00. The Morgan fingerprint density at radius 3 is 2.59 bits per heavy atom. The topological polar surface area (TPSA) is 71.8 Å². The summed E-state index contributed by atoms with van der Waals surface area (Å²) >= 11 is 6.11. The molecule has 7 heteroatoms. The lowest BCUT2D eigenvalue weighted by molar-refractivity contribution is 0.262. The van der Waals surface area contributed by atoms with Crippen molar-refractivity contribution in [1.29, 1.82) is 0 Å². The first kappa shape index (κ1) is 18.9. The molecule has 0 unspecified atom stereocenters. The molecule has 0 aliphatic rings. The van der Waals surface area contributed by atoms with Gasteiger partial charge in [-0.25, -0.2) is 9.48 Å². The van der Waals surface area contributed by atoms with Crippen molar-refractivity contribution in [3.05, 3.63) is 71.1 Å². The van der Waals surface area contributed by atoms with Crippen LogP contribution in [0.1, 0.15) is 32.0 Å². The quantitative estimate of drug-likeness (QED) is 0.671. The van der Waals surface area contributed by atoms with Gasteiger partial charge in [0.1, 0.15) is 5.82 Å². The fraction of sp³-hybridized carbons (Fsp3) is 0.250. The lowest BCUT2D eigenvalue weighted by atomic mass is 9.92. The molecule has 0 aliphatic carbocycles. The highest BCUT2D eigenvalue weighted by Gasteiger charge is 2.21. The summed E-state index contributed by atoms with van der Waals surface area (Å²) in [6.45, 7) is 6.75. The Bertz CT molecular complexity index is 931. The molecule has 0 saturated heterocycles. The van der Waals surface area contributed by atoms with Crippen molar-refractivity contribution in [2.45, 2.75) is 32.7 Å². The first-order valence-electron chi connectivity index (χ1n) is 8.63. The van der Waals surface area contributed by atoms with E-state index in [9.17, 15) is 4.79 Å². The smallest absolute Gasteiger partial charge is 0.306 e. The zero-order valence-corrected chi connectivity index (χ0v) is 16.3. The standard InChI is InChI=1S/C20H22ClN5O/c1-20(2,3)17-11-18(26(25-17)13-14-7-6-10-22-12-14)24-19(27)23-16-9-5-4-8-15(16)21/h4-12H,13H2,1-3H3,(H2,23,24,27). The van der Waals surface area contributed by atoms with E-state index in [1.165, 1.54) is 0 Å². The molecular weight excluding hydrogens is 362 g/mol. The van der Waals surface area contributed by atoms with Crippen LogP contribution in [0.5, 0.6) is 0 Å². The number of nitrogens with one attached hydrogen (secondary N) is 2. The zero-order valence-electron chi connectivity index (χ0n) is 15.5. The Kier molecular flexibility index (Phi) is 5.46. The number of rotatable bonds is 4. The number of hydrogen-bond acceptors (Lipinski definition) is 3. The molecule has 0 bridgehead atoms. The number of hydrogen-bond donors (Lipinski definition) is 2. The van der Waals surface area contributed by atoms with Crippen LogP contribution in [-0.2, 0) is 12.0 Å². The third-order valence-corrected chi connectivity index (χ3v) is 4.30. The van der Waals surface area contributed by atoms with E-state index in [0.29, 0.717) is 23.1 Å². The molecule has 0 aliphatic heterocycles. The van der Waals surface area contributed by atoms with Gasteiger partial charge < -0.3 is 5.32 Å². The van der Waals surface area contributed by atoms with Crippen molar-refractivity contribution in [3.8, 4) is 0 Å². The maximum absolute atomic E-state index is 12.5. The van der Waals surface area contributed by atoms with E-state index in [0.717, 1.165) is 11.3 Å². The maximum Gasteiger partial charge on any atom is 0.324 e. The third kappa shape index (κ3) is 4.86. The predicted octanol–water partition coefficient (Wildman–Crippen LogP) is 4.92. The van der Waals surface area contributed by atoms with E-state index in [1.54, 1.807) is 29.2 Å². The number of halogens is 1. The molecule has 3 aromatic rings. The highest BCUT2D eigenvalue weighted by Crippen LogP contribution is 2.25. The van der Waals surface area contributed by atoms with Gasteiger partial charge in [0.25, 0.3) is 0 Å².